The van der Waals surface area contributed by atoms with E-state index in [2.05, 4.69) is 63.5 Å². The Labute approximate surface area is 130 Å². The Hall–Kier alpha value is -2.53. The molecular formula is C17H19N5. The highest BCUT2D eigenvalue weighted by Crippen LogP contribution is 2.25. The maximum atomic E-state index is 4.66. The molecule has 0 saturated carbocycles. The molecule has 2 aromatic heterocycles. The lowest BCUT2D eigenvalue weighted by Crippen LogP contribution is -2.10. The molecule has 0 spiro atoms. The van der Waals surface area contributed by atoms with Crippen molar-refractivity contribution < 1.29 is 0 Å². The smallest absolute Gasteiger partial charge is 0.154 e. The molecule has 3 rings (SSSR count). The van der Waals surface area contributed by atoms with Crippen LogP contribution in [0.4, 0.5) is 5.82 Å². The van der Waals surface area contributed by atoms with Gasteiger partial charge < -0.3 is 10.2 Å². The van der Waals surface area contributed by atoms with E-state index in [0.717, 1.165) is 34.7 Å². The van der Waals surface area contributed by atoms with Crippen LogP contribution in [0.15, 0.2) is 42.7 Å². The number of nitrogens with one attached hydrogen (secondary N) is 1. The fourth-order valence-electron chi connectivity index (χ4n) is 2.44. The summed E-state index contributed by atoms with van der Waals surface area (Å²) in [5, 5.41) is 3.10. The number of pyridine rings is 1. The van der Waals surface area contributed by atoms with E-state index in [0.29, 0.717) is 0 Å². The van der Waals surface area contributed by atoms with Crippen LogP contribution in [0.1, 0.15) is 5.56 Å². The first-order valence-electron chi connectivity index (χ1n) is 7.21. The number of rotatable bonds is 4. The third-order valence-corrected chi connectivity index (χ3v) is 3.44. The molecule has 0 saturated heterocycles. The molecular weight excluding hydrogens is 274 g/mol. The quantitative estimate of drug-likeness (QED) is 0.801. The van der Waals surface area contributed by atoms with Gasteiger partial charge in [0.1, 0.15) is 5.52 Å². The summed E-state index contributed by atoms with van der Waals surface area (Å²) >= 11 is 0. The van der Waals surface area contributed by atoms with Gasteiger partial charge in [0, 0.05) is 31.5 Å². The number of aromatic nitrogens is 3. The molecule has 1 N–H and O–H groups in total. The van der Waals surface area contributed by atoms with E-state index in [1.165, 1.54) is 5.56 Å². The summed E-state index contributed by atoms with van der Waals surface area (Å²) in [6, 6.07) is 10.4. The van der Waals surface area contributed by atoms with Crippen LogP contribution in [0, 0.1) is 0 Å². The summed E-state index contributed by atoms with van der Waals surface area (Å²) in [7, 11) is 5.98. The summed E-state index contributed by atoms with van der Waals surface area (Å²) in [6.45, 7) is 0.929. The molecule has 0 amide bonds. The summed E-state index contributed by atoms with van der Waals surface area (Å²) < 4.78 is 0. The first kappa shape index (κ1) is 14.4. The summed E-state index contributed by atoms with van der Waals surface area (Å²) in [5.74, 6) is 0.748. The minimum atomic E-state index is 0.748. The number of benzene rings is 1. The second kappa shape index (κ2) is 6.07. The molecule has 0 unspecified atom stereocenters. The molecule has 112 valence electrons. The second-order valence-corrected chi connectivity index (χ2v) is 5.46. The zero-order chi connectivity index (χ0) is 15.5. The molecule has 1 aromatic carbocycles. The van der Waals surface area contributed by atoms with E-state index in [-0.39, 0.29) is 0 Å². The van der Waals surface area contributed by atoms with Gasteiger partial charge in [-0.05, 0) is 25.7 Å². The van der Waals surface area contributed by atoms with E-state index >= 15 is 0 Å². The number of hydrogen-bond acceptors (Lipinski definition) is 5. The third-order valence-electron chi connectivity index (χ3n) is 3.44. The Morgan fingerprint density at radius 1 is 1.05 bits per heavy atom. The van der Waals surface area contributed by atoms with Crippen molar-refractivity contribution in [3.63, 3.8) is 0 Å². The molecule has 5 nitrogen and oxygen atoms in total. The monoisotopic (exact) mass is 293 g/mol. The molecule has 0 aliphatic heterocycles. The molecule has 22 heavy (non-hydrogen) atoms. The van der Waals surface area contributed by atoms with E-state index in [1.54, 1.807) is 12.4 Å². The molecule has 0 aliphatic carbocycles. The Balaban J connectivity index is 2.02. The fourth-order valence-corrected chi connectivity index (χ4v) is 2.44. The van der Waals surface area contributed by atoms with Crippen LogP contribution in [0.3, 0.4) is 0 Å². The predicted octanol–water partition coefficient (Wildman–Crippen LogP) is 2.80. The summed E-state index contributed by atoms with van der Waals surface area (Å²) in [6.07, 6.45) is 3.38. The van der Waals surface area contributed by atoms with Gasteiger partial charge in [-0.25, -0.2) is 9.97 Å². The largest absolute Gasteiger partial charge is 0.371 e. The van der Waals surface area contributed by atoms with Gasteiger partial charge in [-0.3, -0.25) is 4.98 Å². The van der Waals surface area contributed by atoms with Gasteiger partial charge in [-0.15, -0.1) is 0 Å². The van der Waals surface area contributed by atoms with Crippen molar-refractivity contribution in [3.8, 4) is 11.3 Å². The Morgan fingerprint density at radius 3 is 2.45 bits per heavy atom. The molecule has 0 fully saturated rings. The van der Waals surface area contributed by atoms with Crippen molar-refractivity contribution in [1.82, 2.24) is 19.9 Å². The van der Waals surface area contributed by atoms with Crippen LogP contribution in [-0.4, -0.2) is 41.0 Å². The molecule has 0 atom stereocenters. The number of fused-ring (bicyclic) bond motifs is 1. The minimum Gasteiger partial charge on any atom is -0.371 e. The zero-order valence-corrected chi connectivity index (χ0v) is 13.0. The average molecular weight is 293 g/mol. The van der Waals surface area contributed by atoms with Crippen molar-refractivity contribution in [3.05, 3.63) is 48.3 Å². The van der Waals surface area contributed by atoms with Crippen LogP contribution in [0.25, 0.3) is 22.3 Å². The highest BCUT2D eigenvalue weighted by atomic mass is 15.0. The maximum Gasteiger partial charge on any atom is 0.154 e. The Kier molecular flexibility index (Phi) is 3.98. The van der Waals surface area contributed by atoms with Crippen molar-refractivity contribution in [2.45, 2.75) is 6.54 Å². The molecule has 3 aromatic rings. The maximum absolute atomic E-state index is 4.66. The lowest BCUT2D eigenvalue weighted by atomic mass is 10.1. The normalized spacial score (nSPS) is 11.1. The lowest BCUT2D eigenvalue weighted by molar-refractivity contribution is 0.402. The van der Waals surface area contributed by atoms with Gasteiger partial charge in [0.25, 0.3) is 0 Å². The van der Waals surface area contributed by atoms with Crippen LogP contribution in [-0.2, 0) is 6.54 Å². The Bertz CT molecular complexity index is 781. The van der Waals surface area contributed by atoms with Crippen molar-refractivity contribution in [1.29, 1.82) is 0 Å². The highest BCUT2D eigenvalue weighted by Gasteiger charge is 2.08. The van der Waals surface area contributed by atoms with Gasteiger partial charge in [0.2, 0.25) is 0 Å². The van der Waals surface area contributed by atoms with Gasteiger partial charge in [0.15, 0.2) is 5.82 Å². The second-order valence-electron chi connectivity index (χ2n) is 5.46. The van der Waals surface area contributed by atoms with Crippen molar-refractivity contribution in [2.75, 3.05) is 26.5 Å². The Morgan fingerprint density at radius 2 is 1.77 bits per heavy atom. The molecule has 5 heteroatoms. The van der Waals surface area contributed by atoms with Crippen LogP contribution < -0.4 is 5.32 Å². The average Bonchev–Trinajstić information content (AvgIpc) is 2.54. The van der Waals surface area contributed by atoms with E-state index < -0.39 is 0 Å². The number of anilines is 1. The van der Waals surface area contributed by atoms with E-state index in [4.69, 9.17) is 0 Å². The minimum absolute atomic E-state index is 0.748. The first-order chi connectivity index (χ1) is 10.7. The zero-order valence-electron chi connectivity index (χ0n) is 13.0. The van der Waals surface area contributed by atoms with Gasteiger partial charge >= 0.3 is 0 Å². The van der Waals surface area contributed by atoms with Crippen molar-refractivity contribution in [2.24, 2.45) is 0 Å². The highest BCUT2D eigenvalue weighted by molar-refractivity contribution is 5.88. The molecule has 2 heterocycles. The van der Waals surface area contributed by atoms with Crippen LogP contribution in [0.5, 0.6) is 0 Å². The standard InChI is InChI=1S/C17H19N5/c1-18-17-16-15(19-8-9-20-16)10-14(21-17)13-6-4-12(5-7-13)11-22(2)3/h4-10H,11H2,1-3H3,(H,18,21). The van der Waals surface area contributed by atoms with Crippen LogP contribution in [0.2, 0.25) is 0 Å². The van der Waals surface area contributed by atoms with Crippen LogP contribution >= 0.6 is 0 Å². The molecule has 0 aliphatic rings. The topological polar surface area (TPSA) is 53.9 Å². The number of nitrogens with zero attached hydrogens (tertiary/aromatic N) is 4. The predicted molar refractivity (Wildman–Crippen MR) is 89.7 cm³/mol. The third kappa shape index (κ3) is 2.89. The fraction of sp³-hybridized carbons (Fsp3) is 0.235. The first-order valence-corrected chi connectivity index (χ1v) is 7.21. The van der Waals surface area contributed by atoms with Gasteiger partial charge in [-0.2, -0.15) is 0 Å². The number of hydrogen-bond donors (Lipinski definition) is 1. The van der Waals surface area contributed by atoms with Gasteiger partial charge in [-0.1, -0.05) is 24.3 Å². The molecule has 0 radical (unpaired) electrons. The van der Waals surface area contributed by atoms with Crippen molar-refractivity contribution >= 4 is 16.9 Å². The summed E-state index contributed by atoms with van der Waals surface area (Å²) in [5.41, 5.74) is 4.88. The summed E-state index contributed by atoms with van der Waals surface area (Å²) in [4.78, 5) is 15.5. The van der Waals surface area contributed by atoms with E-state index in [1.807, 2.05) is 13.1 Å². The van der Waals surface area contributed by atoms with Gasteiger partial charge in [0.05, 0.1) is 11.2 Å². The molecule has 0 bridgehead atoms. The lowest BCUT2D eigenvalue weighted by Gasteiger charge is -2.11. The SMILES string of the molecule is CNc1nc(-c2ccc(CN(C)C)cc2)cc2nccnc12. The van der Waals surface area contributed by atoms with E-state index in [9.17, 15) is 0 Å².